The zero-order valence-electron chi connectivity index (χ0n) is 14.8. The molecule has 2 amide bonds. The number of thiophene rings is 1. The molecule has 0 aromatic carbocycles. The molecule has 26 heavy (non-hydrogen) atoms. The molecule has 0 saturated carbocycles. The number of nitrogens with one attached hydrogen (secondary N) is 2. The summed E-state index contributed by atoms with van der Waals surface area (Å²) in [4.78, 5) is 28.4. The first-order chi connectivity index (χ1) is 12.2. The molecule has 1 aromatic rings. The second-order valence-electron chi connectivity index (χ2n) is 7.05. The normalized spacial score (nSPS) is 27.2. The molecule has 2 N–H and O–H groups in total. The summed E-state index contributed by atoms with van der Waals surface area (Å²) in [6.07, 6.45) is 1.70. The molecule has 8 nitrogen and oxygen atoms in total. The van der Waals surface area contributed by atoms with Crippen LogP contribution in [-0.4, -0.2) is 74.0 Å². The molecule has 3 atom stereocenters. The van der Waals surface area contributed by atoms with Gasteiger partial charge in [-0.05, 0) is 28.8 Å². The second-order valence-corrected chi connectivity index (χ2v) is 9.61. The van der Waals surface area contributed by atoms with Gasteiger partial charge >= 0.3 is 0 Å². The van der Waals surface area contributed by atoms with Crippen LogP contribution < -0.4 is 10.0 Å². The lowest BCUT2D eigenvalue weighted by molar-refractivity contribution is -0.135. The minimum absolute atomic E-state index is 0.0702. The molecule has 0 bridgehead atoms. The minimum atomic E-state index is -3.33. The molecule has 0 aliphatic carbocycles. The Morgan fingerprint density at radius 2 is 2.12 bits per heavy atom. The second kappa shape index (κ2) is 7.63. The lowest BCUT2D eigenvalue weighted by Crippen LogP contribution is -2.51. The van der Waals surface area contributed by atoms with Gasteiger partial charge in [-0.1, -0.05) is 0 Å². The number of carbonyl (C=O) groups excluding carboxylic acids is 2. The van der Waals surface area contributed by atoms with E-state index in [1.165, 1.54) is 12.5 Å². The highest BCUT2D eigenvalue weighted by molar-refractivity contribution is 7.88. The van der Waals surface area contributed by atoms with Crippen LogP contribution in [0, 0.1) is 0 Å². The van der Waals surface area contributed by atoms with Crippen LogP contribution in [0.5, 0.6) is 0 Å². The first kappa shape index (κ1) is 19.3. The molecule has 2 saturated heterocycles. The third kappa shape index (κ3) is 4.81. The van der Waals surface area contributed by atoms with Crippen LogP contribution in [0.25, 0.3) is 0 Å². The Labute approximate surface area is 157 Å². The number of fused-ring (bicyclic) bond motifs is 1. The SMILES string of the molecule is CC(=O)N[C@H]1CN(Cc2ccsc2)C[C@@H]2C[C@H](NS(C)(=O)=O)CN2C1=O. The van der Waals surface area contributed by atoms with E-state index in [0.29, 0.717) is 32.6 Å². The van der Waals surface area contributed by atoms with Crippen molar-refractivity contribution in [2.45, 2.75) is 38.0 Å². The van der Waals surface area contributed by atoms with Crippen molar-refractivity contribution in [1.82, 2.24) is 19.8 Å². The maximum atomic E-state index is 12.9. The van der Waals surface area contributed by atoms with E-state index in [1.807, 2.05) is 11.4 Å². The largest absolute Gasteiger partial charge is 0.343 e. The van der Waals surface area contributed by atoms with Gasteiger partial charge in [0.05, 0.1) is 6.26 Å². The van der Waals surface area contributed by atoms with Crippen molar-refractivity contribution >= 4 is 33.2 Å². The van der Waals surface area contributed by atoms with Gasteiger partial charge in [0, 0.05) is 45.2 Å². The van der Waals surface area contributed by atoms with Gasteiger partial charge in [0.15, 0.2) is 0 Å². The van der Waals surface area contributed by atoms with E-state index in [4.69, 9.17) is 0 Å². The van der Waals surface area contributed by atoms with Crippen molar-refractivity contribution in [3.63, 3.8) is 0 Å². The van der Waals surface area contributed by atoms with Crippen molar-refractivity contribution < 1.29 is 18.0 Å². The minimum Gasteiger partial charge on any atom is -0.343 e. The summed E-state index contributed by atoms with van der Waals surface area (Å²) in [6, 6.07) is 1.07. The number of hydrogen-bond donors (Lipinski definition) is 2. The van der Waals surface area contributed by atoms with Crippen molar-refractivity contribution in [3.8, 4) is 0 Å². The zero-order chi connectivity index (χ0) is 18.9. The monoisotopic (exact) mass is 400 g/mol. The predicted octanol–water partition coefficient (Wildman–Crippen LogP) is -0.413. The van der Waals surface area contributed by atoms with E-state index in [0.717, 1.165) is 6.26 Å². The van der Waals surface area contributed by atoms with Crippen LogP contribution in [0.3, 0.4) is 0 Å². The van der Waals surface area contributed by atoms with E-state index in [-0.39, 0.29) is 23.9 Å². The summed E-state index contributed by atoms with van der Waals surface area (Å²) in [6.45, 7) is 3.53. The van der Waals surface area contributed by atoms with E-state index < -0.39 is 16.1 Å². The van der Waals surface area contributed by atoms with Gasteiger partial charge in [-0.2, -0.15) is 11.3 Å². The Morgan fingerprint density at radius 3 is 2.73 bits per heavy atom. The Morgan fingerprint density at radius 1 is 1.35 bits per heavy atom. The summed E-state index contributed by atoms with van der Waals surface area (Å²) < 4.78 is 25.7. The van der Waals surface area contributed by atoms with Gasteiger partial charge in [-0.15, -0.1) is 0 Å². The molecular weight excluding hydrogens is 376 g/mol. The first-order valence-corrected chi connectivity index (χ1v) is 11.3. The van der Waals surface area contributed by atoms with Gasteiger partial charge in [0.25, 0.3) is 0 Å². The molecule has 2 aliphatic rings. The molecular formula is C16H24N4O4S2. The molecule has 1 aromatic heterocycles. The highest BCUT2D eigenvalue weighted by atomic mass is 32.2. The van der Waals surface area contributed by atoms with E-state index in [9.17, 15) is 18.0 Å². The van der Waals surface area contributed by atoms with Crippen molar-refractivity contribution in [2.75, 3.05) is 25.9 Å². The molecule has 3 rings (SSSR count). The van der Waals surface area contributed by atoms with Crippen molar-refractivity contribution in [3.05, 3.63) is 22.4 Å². The number of nitrogens with zero attached hydrogens (tertiary/aromatic N) is 2. The summed E-state index contributed by atoms with van der Waals surface area (Å²) in [5, 5.41) is 6.83. The molecule has 0 radical (unpaired) electrons. The van der Waals surface area contributed by atoms with Gasteiger partial charge < -0.3 is 10.2 Å². The molecule has 2 fully saturated rings. The number of hydrogen-bond acceptors (Lipinski definition) is 6. The summed E-state index contributed by atoms with van der Waals surface area (Å²) in [7, 11) is -3.33. The van der Waals surface area contributed by atoms with Gasteiger partial charge in [0.2, 0.25) is 21.8 Å². The smallest absolute Gasteiger partial charge is 0.246 e. The van der Waals surface area contributed by atoms with E-state index in [2.05, 4.69) is 20.3 Å². The maximum absolute atomic E-state index is 12.9. The molecule has 0 spiro atoms. The molecule has 10 heteroatoms. The molecule has 2 aliphatic heterocycles. The quantitative estimate of drug-likeness (QED) is 0.700. The number of carbonyl (C=O) groups is 2. The average molecular weight is 401 g/mol. The molecule has 144 valence electrons. The first-order valence-electron chi connectivity index (χ1n) is 8.49. The standard InChI is InChI=1S/C16H24N4O4S2/c1-11(21)17-15-9-19(6-12-3-4-25-10-12)8-14-5-13(18-26(2,23)24)7-20(14)16(15)22/h3-4,10,13-15,18H,5-9H2,1-2H3,(H,17,21)/t13-,14-,15-/m0/s1. The fourth-order valence-corrected chi connectivity index (χ4v) is 5.22. The zero-order valence-corrected chi connectivity index (χ0v) is 16.5. The van der Waals surface area contributed by atoms with Gasteiger partial charge in [-0.25, -0.2) is 13.1 Å². The summed E-state index contributed by atoms with van der Waals surface area (Å²) >= 11 is 1.62. The average Bonchev–Trinajstić information content (AvgIpc) is 3.11. The molecule has 3 heterocycles. The van der Waals surface area contributed by atoms with Crippen LogP contribution in [0.4, 0.5) is 0 Å². The summed E-state index contributed by atoms with van der Waals surface area (Å²) in [5.74, 6) is -0.391. The molecule has 0 unspecified atom stereocenters. The van der Waals surface area contributed by atoms with E-state index in [1.54, 1.807) is 16.2 Å². The highest BCUT2D eigenvalue weighted by Gasteiger charge is 2.42. The Kier molecular flexibility index (Phi) is 5.66. The Hall–Kier alpha value is -1.49. The van der Waals surface area contributed by atoms with Crippen LogP contribution in [0.15, 0.2) is 16.8 Å². The maximum Gasteiger partial charge on any atom is 0.246 e. The lowest BCUT2D eigenvalue weighted by Gasteiger charge is -2.24. The van der Waals surface area contributed by atoms with E-state index >= 15 is 0 Å². The van der Waals surface area contributed by atoms with Crippen LogP contribution >= 0.6 is 11.3 Å². The lowest BCUT2D eigenvalue weighted by atomic mass is 10.1. The number of amides is 2. The van der Waals surface area contributed by atoms with Gasteiger partial charge in [-0.3, -0.25) is 14.5 Å². The third-order valence-electron chi connectivity index (χ3n) is 4.65. The van der Waals surface area contributed by atoms with Crippen LogP contribution in [0.2, 0.25) is 0 Å². The van der Waals surface area contributed by atoms with Gasteiger partial charge in [0.1, 0.15) is 6.04 Å². The third-order valence-corrected chi connectivity index (χ3v) is 6.14. The Bertz CT molecular complexity index is 765. The Balaban J connectivity index is 1.79. The highest BCUT2D eigenvalue weighted by Crippen LogP contribution is 2.25. The fourth-order valence-electron chi connectivity index (χ4n) is 3.78. The van der Waals surface area contributed by atoms with Crippen molar-refractivity contribution in [2.24, 2.45) is 0 Å². The summed E-state index contributed by atoms with van der Waals surface area (Å²) in [5.41, 5.74) is 1.17. The van der Waals surface area contributed by atoms with Crippen molar-refractivity contribution in [1.29, 1.82) is 0 Å². The topological polar surface area (TPSA) is 98.8 Å². The van der Waals surface area contributed by atoms with Crippen LogP contribution in [-0.2, 0) is 26.2 Å². The van der Waals surface area contributed by atoms with Crippen LogP contribution in [0.1, 0.15) is 18.9 Å². The number of rotatable bonds is 5. The predicted molar refractivity (Wildman–Crippen MR) is 99.1 cm³/mol. The fraction of sp³-hybridized carbons (Fsp3) is 0.625. The number of sulfonamides is 1.